The number of aryl methyl sites for hydroxylation is 1. The topological polar surface area (TPSA) is 48.1 Å². The molecule has 3 heteroatoms. The molecule has 0 saturated heterocycles. The van der Waals surface area contributed by atoms with Gasteiger partial charge in [0.05, 0.1) is 5.69 Å². The summed E-state index contributed by atoms with van der Waals surface area (Å²) in [4.78, 5) is 4.30. The minimum atomic E-state index is -0.195. The number of ether oxygens (including phenoxy) is 1. The molecular formula is C15H18N2O. The Hall–Kier alpha value is -1.87. The van der Waals surface area contributed by atoms with E-state index in [0.29, 0.717) is 6.54 Å². The van der Waals surface area contributed by atoms with Crippen LogP contribution >= 0.6 is 0 Å². The van der Waals surface area contributed by atoms with Gasteiger partial charge in [-0.05, 0) is 30.2 Å². The molecule has 2 N–H and O–H groups in total. The standard InChI is InChI=1S/C15H18N2O/c1-2-12-7-3-4-9-14(12)18-15(11-16)13-8-5-6-10-17-13/h3-10,15H,2,11,16H2,1H3. The predicted molar refractivity (Wildman–Crippen MR) is 72.5 cm³/mol. The Kier molecular flexibility index (Phi) is 4.31. The van der Waals surface area contributed by atoms with Crippen molar-refractivity contribution in [2.75, 3.05) is 6.54 Å². The van der Waals surface area contributed by atoms with Crippen molar-refractivity contribution in [3.05, 3.63) is 59.9 Å². The van der Waals surface area contributed by atoms with Crippen molar-refractivity contribution >= 4 is 0 Å². The van der Waals surface area contributed by atoms with Gasteiger partial charge in [-0.3, -0.25) is 4.98 Å². The van der Waals surface area contributed by atoms with Crippen LogP contribution in [0.15, 0.2) is 48.7 Å². The average molecular weight is 242 g/mol. The van der Waals surface area contributed by atoms with Gasteiger partial charge in [0.1, 0.15) is 5.75 Å². The van der Waals surface area contributed by atoms with Crippen molar-refractivity contribution in [1.82, 2.24) is 4.98 Å². The number of hydrogen-bond donors (Lipinski definition) is 1. The van der Waals surface area contributed by atoms with Gasteiger partial charge >= 0.3 is 0 Å². The van der Waals surface area contributed by atoms with E-state index in [1.807, 2.05) is 36.4 Å². The van der Waals surface area contributed by atoms with E-state index in [0.717, 1.165) is 17.9 Å². The van der Waals surface area contributed by atoms with Crippen molar-refractivity contribution in [3.63, 3.8) is 0 Å². The SMILES string of the molecule is CCc1ccccc1OC(CN)c1ccccn1. The van der Waals surface area contributed by atoms with Crippen LogP contribution in [-0.2, 0) is 6.42 Å². The van der Waals surface area contributed by atoms with E-state index >= 15 is 0 Å². The third kappa shape index (κ3) is 2.87. The normalized spacial score (nSPS) is 12.1. The fourth-order valence-corrected chi connectivity index (χ4v) is 1.86. The van der Waals surface area contributed by atoms with Crippen LogP contribution in [0.2, 0.25) is 0 Å². The Morgan fingerprint density at radius 2 is 1.94 bits per heavy atom. The quantitative estimate of drug-likeness (QED) is 0.877. The number of nitrogens with zero attached hydrogens (tertiary/aromatic N) is 1. The Balaban J connectivity index is 2.21. The summed E-state index contributed by atoms with van der Waals surface area (Å²) in [6, 6.07) is 13.8. The number of para-hydroxylation sites is 1. The van der Waals surface area contributed by atoms with Crippen molar-refractivity contribution < 1.29 is 4.74 Å². The summed E-state index contributed by atoms with van der Waals surface area (Å²) in [5, 5.41) is 0. The molecule has 1 atom stereocenters. The molecule has 1 aromatic heterocycles. The number of benzene rings is 1. The Morgan fingerprint density at radius 3 is 2.61 bits per heavy atom. The van der Waals surface area contributed by atoms with Crippen molar-refractivity contribution in [1.29, 1.82) is 0 Å². The molecular weight excluding hydrogens is 224 g/mol. The van der Waals surface area contributed by atoms with Gasteiger partial charge in [0.2, 0.25) is 0 Å². The molecule has 1 unspecified atom stereocenters. The van der Waals surface area contributed by atoms with Crippen LogP contribution in [0.3, 0.4) is 0 Å². The summed E-state index contributed by atoms with van der Waals surface area (Å²) < 4.78 is 5.98. The maximum atomic E-state index is 5.98. The molecule has 1 heterocycles. The molecule has 2 aromatic rings. The number of hydrogen-bond acceptors (Lipinski definition) is 3. The second kappa shape index (κ2) is 6.17. The highest BCUT2D eigenvalue weighted by atomic mass is 16.5. The minimum absolute atomic E-state index is 0.195. The first kappa shape index (κ1) is 12.6. The van der Waals surface area contributed by atoms with Crippen LogP contribution in [0.4, 0.5) is 0 Å². The van der Waals surface area contributed by atoms with Crippen molar-refractivity contribution in [2.45, 2.75) is 19.4 Å². The molecule has 0 aliphatic carbocycles. The largest absolute Gasteiger partial charge is 0.483 e. The second-order valence-electron chi connectivity index (χ2n) is 4.06. The molecule has 0 radical (unpaired) electrons. The van der Waals surface area contributed by atoms with Gasteiger partial charge in [0, 0.05) is 12.7 Å². The summed E-state index contributed by atoms with van der Waals surface area (Å²) in [6.45, 7) is 2.52. The van der Waals surface area contributed by atoms with Crippen LogP contribution in [-0.4, -0.2) is 11.5 Å². The molecule has 1 aromatic carbocycles. The lowest BCUT2D eigenvalue weighted by Gasteiger charge is -2.18. The van der Waals surface area contributed by atoms with Gasteiger partial charge in [-0.1, -0.05) is 31.2 Å². The molecule has 0 aliphatic rings. The number of pyridine rings is 1. The van der Waals surface area contributed by atoms with E-state index < -0.39 is 0 Å². The highest BCUT2D eigenvalue weighted by molar-refractivity contribution is 5.33. The van der Waals surface area contributed by atoms with E-state index in [1.54, 1.807) is 6.20 Å². The summed E-state index contributed by atoms with van der Waals surface area (Å²) in [5.41, 5.74) is 7.83. The highest BCUT2D eigenvalue weighted by Gasteiger charge is 2.13. The summed E-state index contributed by atoms with van der Waals surface area (Å²) in [5.74, 6) is 0.890. The first-order valence-corrected chi connectivity index (χ1v) is 6.20. The summed E-state index contributed by atoms with van der Waals surface area (Å²) >= 11 is 0. The highest BCUT2D eigenvalue weighted by Crippen LogP contribution is 2.24. The van der Waals surface area contributed by atoms with E-state index in [1.165, 1.54) is 5.56 Å². The van der Waals surface area contributed by atoms with Gasteiger partial charge in [-0.2, -0.15) is 0 Å². The Bertz CT molecular complexity index is 485. The number of nitrogens with two attached hydrogens (primary N) is 1. The Morgan fingerprint density at radius 1 is 1.17 bits per heavy atom. The molecule has 18 heavy (non-hydrogen) atoms. The molecule has 3 nitrogen and oxygen atoms in total. The van der Waals surface area contributed by atoms with E-state index in [9.17, 15) is 0 Å². The second-order valence-corrected chi connectivity index (χ2v) is 4.06. The molecule has 0 aliphatic heterocycles. The Labute approximate surface area is 108 Å². The average Bonchev–Trinajstić information content (AvgIpc) is 2.46. The first-order chi connectivity index (χ1) is 8.85. The van der Waals surface area contributed by atoms with Gasteiger partial charge in [0.15, 0.2) is 6.10 Å². The zero-order valence-electron chi connectivity index (χ0n) is 10.5. The smallest absolute Gasteiger partial charge is 0.153 e. The predicted octanol–water partition coefficient (Wildman–Crippen LogP) is 2.72. The lowest BCUT2D eigenvalue weighted by molar-refractivity contribution is 0.207. The van der Waals surface area contributed by atoms with E-state index in [4.69, 9.17) is 10.5 Å². The first-order valence-electron chi connectivity index (χ1n) is 6.20. The molecule has 0 saturated carbocycles. The maximum Gasteiger partial charge on any atom is 0.153 e. The molecule has 0 fully saturated rings. The van der Waals surface area contributed by atoms with Crippen LogP contribution < -0.4 is 10.5 Å². The van der Waals surface area contributed by atoms with Crippen LogP contribution in [0.25, 0.3) is 0 Å². The third-order valence-corrected chi connectivity index (χ3v) is 2.85. The molecule has 94 valence electrons. The maximum absolute atomic E-state index is 5.98. The van der Waals surface area contributed by atoms with Crippen LogP contribution in [0.1, 0.15) is 24.3 Å². The summed E-state index contributed by atoms with van der Waals surface area (Å²) in [6.07, 6.45) is 2.50. The third-order valence-electron chi connectivity index (χ3n) is 2.85. The number of aromatic nitrogens is 1. The molecule has 2 rings (SSSR count). The van der Waals surface area contributed by atoms with Crippen molar-refractivity contribution in [2.24, 2.45) is 5.73 Å². The monoisotopic (exact) mass is 242 g/mol. The fourth-order valence-electron chi connectivity index (χ4n) is 1.86. The number of rotatable bonds is 5. The zero-order chi connectivity index (χ0) is 12.8. The lowest BCUT2D eigenvalue weighted by atomic mass is 10.1. The zero-order valence-corrected chi connectivity index (χ0v) is 10.5. The fraction of sp³-hybridized carbons (Fsp3) is 0.267. The van der Waals surface area contributed by atoms with Gasteiger partial charge < -0.3 is 10.5 Å². The van der Waals surface area contributed by atoms with Crippen molar-refractivity contribution in [3.8, 4) is 5.75 Å². The van der Waals surface area contributed by atoms with Crippen LogP contribution in [0.5, 0.6) is 5.75 Å². The van der Waals surface area contributed by atoms with Gasteiger partial charge in [0.25, 0.3) is 0 Å². The van der Waals surface area contributed by atoms with E-state index in [2.05, 4.69) is 18.0 Å². The lowest BCUT2D eigenvalue weighted by Crippen LogP contribution is -2.20. The van der Waals surface area contributed by atoms with Crippen LogP contribution in [0, 0.1) is 0 Å². The van der Waals surface area contributed by atoms with Gasteiger partial charge in [-0.25, -0.2) is 0 Å². The minimum Gasteiger partial charge on any atom is -0.483 e. The molecule has 0 amide bonds. The molecule has 0 spiro atoms. The molecule has 0 bridgehead atoms. The summed E-state index contributed by atoms with van der Waals surface area (Å²) in [7, 11) is 0. The van der Waals surface area contributed by atoms with Gasteiger partial charge in [-0.15, -0.1) is 0 Å². The van der Waals surface area contributed by atoms with E-state index in [-0.39, 0.29) is 6.10 Å².